The topological polar surface area (TPSA) is 57.4 Å². The molecule has 3 aromatic rings. The minimum atomic E-state index is 0.734. The van der Waals surface area contributed by atoms with Gasteiger partial charge < -0.3 is 4.98 Å². The number of rotatable bonds is 1. The summed E-state index contributed by atoms with van der Waals surface area (Å²) < 4.78 is 1.02. The minimum absolute atomic E-state index is 0.734. The highest BCUT2D eigenvalue weighted by Crippen LogP contribution is 2.25. The van der Waals surface area contributed by atoms with Crippen LogP contribution in [0.25, 0.3) is 22.4 Å². The summed E-state index contributed by atoms with van der Waals surface area (Å²) in [6, 6.07) is 5.90. The van der Waals surface area contributed by atoms with Gasteiger partial charge in [-0.25, -0.2) is 4.98 Å². The third-order valence-corrected chi connectivity index (χ3v) is 2.70. The number of pyridine rings is 1. The van der Waals surface area contributed by atoms with Crippen LogP contribution in [-0.2, 0) is 0 Å². The number of halogens is 1. The summed E-state index contributed by atoms with van der Waals surface area (Å²) >= 11 is 3.40. The van der Waals surface area contributed by atoms with E-state index in [-0.39, 0.29) is 0 Å². The van der Waals surface area contributed by atoms with E-state index in [1.165, 1.54) is 0 Å². The van der Waals surface area contributed by atoms with Gasteiger partial charge in [0.15, 0.2) is 5.65 Å². The van der Waals surface area contributed by atoms with Gasteiger partial charge in [0, 0.05) is 22.3 Å². The second-order valence-electron chi connectivity index (χ2n) is 3.20. The minimum Gasteiger partial charge on any atom is -0.359 e. The first-order valence-electron chi connectivity index (χ1n) is 4.48. The molecular formula is C10H7BrN4. The van der Waals surface area contributed by atoms with Crippen molar-refractivity contribution in [3.8, 4) is 11.4 Å². The highest BCUT2D eigenvalue weighted by Gasteiger charge is 2.08. The molecule has 3 rings (SSSR count). The smallest absolute Gasteiger partial charge is 0.181 e. The van der Waals surface area contributed by atoms with E-state index in [1.54, 1.807) is 6.20 Å². The van der Waals surface area contributed by atoms with Crippen molar-refractivity contribution < 1.29 is 0 Å². The van der Waals surface area contributed by atoms with Crippen molar-refractivity contribution in [2.45, 2.75) is 0 Å². The molecule has 2 N–H and O–H groups in total. The maximum absolute atomic E-state index is 4.17. The van der Waals surface area contributed by atoms with Crippen molar-refractivity contribution in [1.82, 2.24) is 20.2 Å². The number of nitrogens with one attached hydrogen (secondary N) is 2. The number of fused-ring (bicyclic) bond motifs is 1. The highest BCUT2D eigenvalue weighted by atomic mass is 79.9. The molecule has 0 bridgehead atoms. The van der Waals surface area contributed by atoms with Crippen molar-refractivity contribution >= 4 is 27.0 Å². The van der Waals surface area contributed by atoms with Gasteiger partial charge in [-0.05, 0) is 34.1 Å². The fourth-order valence-corrected chi connectivity index (χ4v) is 1.91. The Balaban J connectivity index is 2.27. The summed E-state index contributed by atoms with van der Waals surface area (Å²) in [6.45, 7) is 0. The molecule has 3 heterocycles. The van der Waals surface area contributed by atoms with E-state index >= 15 is 0 Å². The lowest BCUT2D eigenvalue weighted by atomic mass is 10.2. The first kappa shape index (κ1) is 8.67. The van der Waals surface area contributed by atoms with Crippen molar-refractivity contribution in [1.29, 1.82) is 0 Å². The van der Waals surface area contributed by atoms with Gasteiger partial charge in [0.1, 0.15) is 0 Å². The number of aromatic nitrogens is 4. The van der Waals surface area contributed by atoms with E-state index in [0.29, 0.717) is 0 Å². The van der Waals surface area contributed by atoms with E-state index in [1.807, 2.05) is 24.4 Å². The molecule has 0 fully saturated rings. The van der Waals surface area contributed by atoms with Crippen LogP contribution in [0.4, 0.5) is 0 Å². The molecular weight excluding hydrogens is 256 g/mol. The molecule has 5 heteroatoms. The second kappa shape index (κ2) is 3.20. The maximum atomic E-state index is 4.17. The Kier molecular flexibility index (Phi) is 1.85. The average Bonchev–Trinajstić information content (AvgIpc) is 2.83. The Bertz CT molecular complexity index is 610. The third-order valence-electron chi connectivity index (χ3n) is 2.25. The fraction of sp³-hybridized carbons (Fsp3) is 0. The summed E-state index contributed by atoms with van der Waals surface area (Å²) in [4.78, 5) is 7.32. The van der Waals surface area contributed by atoms with Gasteiger partial charge >= 0.3 is 0 Å². The molecule has 3 aromatic heterocycles. The number of aromatic amines is 2. The zero-order chi connectivity index (χ0) is 10.3. The van der Waals surface area contributed by atoms with E-state index < -0.39 is 0 Å². The predicted molar refractivity (Wildman–Crippen MR) is 61.4 cm³/mol. The molecule has 0 aliphatic heterocycles. The standard InChI is InChI=1S/C10H7BrN4/c11-6-4-8(13-5-6)9-7-2-1-3-12-10(7)15-14-9/h1-5,13H,(H,12,14,15). The molecule has 15 heavy (non-hydrogen) atoms. The van der Waals surface area contributed by atoms with Gasteiger partial charge in [-0.1, -0.05) is 0 Å². The first-order valence-corrected chi connectivity index (χ1v) is 5.27. The summed E-state index contributed by atoms with van der Waals surface area (Å²) in [6.07, 6.45) is 3.62. The Morgan fingerprint density at radius 2 is 2.27 bits per heavy atom. The SMILES string of the molecule is Brc1c[nH]c(-c2[nH]nc3ncccc23)c1. The molecule has 0 unspecified atom stereocenters. The molecule has 0 aliphatic carbocycles. The van der Waals surface area contributed by atoms with Gasteiger partial charge in [-0.2, -0.15) is 5.10 Å². The lowest BCUT2D eigenvalue weighted by Crippen LogP contribution is -1.77. The second-order valence-corrected chi connectivity index (χ2v) is 4.12. The van der Waals surface area contributed by atoms with Crippen LogP contribution < -0.4 is 0 Å². The van der Waals surface area contributed by atoms with Gasteiger partial charge in [0.05, 0.1) is 11.4 Å². The number of hydrogen-bond acceptors (Lipinski definition) is 2. The quantitative estimate of drug-likeness (QED) is 0.709. The summed E-state index contributed by atoms with van der Waals surface area (Å²) in [5.41, 5.74) is 2.69. The number of nitrogens with zero attached hydrogens (tertiary/aromatic N) is 2. The van der Waals surface area contributed by atoms with Crippen LogP contribution in [0.1, 0.15) is 0 Å². The van der Waals surface area contributed by atoms with Crippen molar-refractivity contribution in [3.63, 3.8) is 0 Å². The Morgan fingerprint density at radius 1 is 1.33 bits per heavy atom. The van der Waals surface area contributed by atoms with E-state index in [0.717, 1.165) is 26.9 Å². The maximum Gasteiger partial charge on any atom is 0.181 e. The van der Waals surface area contributed by atoms with Crippen LogP contribution in [0.5, 0.6) is 0 Å². The van der Waals surface area contributed by atoms with Crippen molar-refractivity contribution in [2.75, 3.05) is 0 Å². The first-order chi connectivity index (χ1) is 7.34. The average molecular weight is 263 g/mol. The fourth-order valence-electron chi connectivity index (χ4n) is 1.57. The molecule has 0 radical (unpaired) electrons. The molecule has 0 aliphatic rings. The Labute approximate surface area is 93.9 Å². The van der Waals surface area contributed by atoms with Crippen LogP contribution in [-0.4, -0.2) is 20.2 Å². The Morgan fingerprint density at radius 3 is 3.07 bits per heavy atom. The van der Waals surface area contributed by atoms with Crippen LogP contribution in [0.3, 0.4) is 0 Å². The Hall–Kier alpha value is -1.62. The molecule has 0 saturated carbocycles. The normalized spacial score (nSPS) is 11.0. The van der Waals surface area contributed by atoms with E-state index in [9.17, 15) is 0 Å². The lowest BCUT2D eigenvalue weighted by Gasteiger charge is -1.92. The summed E-state index contributed by atoms with van der Waals surface area (Å²) in [5, 5.41) is 8.13. The van der Waals surface area contributed by atoms with Crippen LogP contribution in [0, 0.1) is 0 Å². The number of hydrogen-bond donors (Lipinski definition) is 2. The van der Waals surface area contributed by atoms with Gasteiger partial charge in [-0.15, -0.1) is 0 Å². The highest BCUT2D eigenvalue weighted by molar-refractivity contribution is 9.10. The summed E-state index contributed by atoms with van der Waals surface area (Å²) in [5.74, 6) is 0. The van der Waals surface area contributed by atoms with E-state index in [2.05, 4.69) is 36.1 Å². The van der Waals surface area contributed by atoms with Gasteiger partial charge in [0.2, 0.25) is 0 Å². The van der Waals surface area contributed by atoms with Gasteiger partial charge in [0.25, 0.3) is 0 Å². The van der Waals surface area contributed by atoms with Crippen molar-refractivity contribution in [2.24, 2.45) is 0 Å². The number of H-pyrrole nitrogens is 2. The zero-order valence-corrected chi connectivity index (χ0v) is 9.25. The molecule has 0 spiro atoms. The van der Waals surface area contributed by atoms with Crippen LogP contribution in [0.15, 0.2) is 35.1 Å². The van der Waals surface area contributed by atoms with Crippen LogP contribution in [0.2, 0.25) is 0 Å². The van der Waals surface area contributed by atoms with Gasteiger partial charge in [-0.3, -0.25) is 5.10 Å². The van der Waals surface area contributed by atoms with Crippen LogP contribution >= 0.6 is 15.9 Å². The zero-order valence-electron chi connectivity index (χ0n) is 7.66. The largest absolute Gasteiger partial charge is 0.359 e. The summed E-state index contributed by atoms with van der Waals surface area (Å²) in [7, 11) is 0. The van der Waals surface area contributed by atoms with Crippen molar-refractivity contribution in [3.05, 3.63) is 35.1 Å². The molecule has 0 atom stereocenters. The molecule has 0 saturated heterocycles. The molecule has 0 amide bonds. The monoisotopic (exact) mass is 262 g/mol. The third kappa shape index (κ3) is 1.35. The van der Waals surface area contributed by atoms with E-state index in [4.69, 9.17) is 0 Å². The predicted octanol–water partition coefficient (Wildman–Crippen LogP) is 2.72. The lowest BCUT2D eigenvalue weighted by molar-refractivity contribution is 1.10. The molecule has 74 valence electrons. The molecule has 4 nitrogen and oxygen atoms in total. The molecule has 0 aromatic carbocycles.